The fraction of sp³-hybridized carbons (Fsp3) is 0.444. The number of aryl methyl sites for hydroxylation is 1. The lowest BCUT2D eigenvalue weighted by Crippen LogP contribution is -2.27. The van der Waals surface area contributed by atoms with Crippen LogP contribution >= 0.6 is 0 Å². The van der Waals surface area contributed by atoms with E-state index in [0.717, 1.165) is 11.4 Å². The molecule has 0 fully saturated rings. The van der Waals surface area contributed by atoms with Crippen LogP contribution in [0.1, 0.15) is 11.4 Å². The van der Waals surface area contributed by atoms with Crippen LogP contribution in [0.4, 0.5) is 0 Å². The third-order valence-electron chi connectivity index (χ3n) is 1.65. The van der Waals surface area contributed by atoms with Crippen molar-refractivity contribution in [2.45, 2.75) is 19.4 Å². The maximum atomic E-state index is 8.71. The normalized spacial score (nSPS) is 12.9. The number of aliphatic hydroxyl groups excluding tert-OH is 1. The van der Waals surface area contributed by atoms with Gasteiger partial charge in [-0.2, -0.15) is 0 Å². The molecule has 0 aliphatic carbocycles. The molecule has 1 aromatic rings. The van der Waals surface area contributed by atoms with Gasteiger partial charge in [0.05, 0.1) is 6.61 Å². The lowest BCUT2D eigenvalue weighted by Gasteiger charge is -2.06. The van der Waals surface area contributed by atoms with Crippen LogP contribution in [0.25, 0.3) is 0 Å². The average Bonchev–Trinajstić information content (AvgIpc) is 2.04. The van der Waals surface area contributed by atoms with Gasteiger partial charge in [-0.15, -0.1) is 0 Å². The van der Waals surface area contributed by atoms with Gasteiger partial charge in [0.2, 0.25) is 0 Å². The summed E-state index contributed by atoms with van der Waals surface area (Å²) in [5.41, 5.74) is 7.49. The lowest BCUT2D eigenvalue weighted by atomic mass is 10.1. The quantitative estimate of drug-likeness (QED) is 0.676. The molecule has 0 amide bonds. The topological polar surface area (TPSA) is 59.1 Å². The van der Waals surface area contributed by atoms with Crippen molar-refractivity contribution in [1.82, 2.24) is 4.98 Å². The van der Waals surface area contributed by atoms with Crippen molar-refractivity contribution in [3.63, 3.8) is 0 Å². The van der Waals surface area contributed by atoms with Gasteiger partial charge in [0.15, 0.2) is 0 Å². The van der Waals surface area contributed by atoms with Crippen molar-refractivity contribution >= 4 is 0 Å². The Balaban J connectivity index is 2.63. The zero-order valence-corrected chi connectivity index (χ0v) is 7.20. The molecule has 0 aromatic carbocycles. The van der Waals surface area contributed by atoms with Crippen molar-refractivity contribution in [3.05, 3.63) is 29.6 Å². The minimum atomic E-state index is -0.195. The summed E-state index contributed by atoms with van der Waals surface area (Å²) in [6.07, 6.45) is 0.637. The molecule has 0 aliphatic heterocycles. The van der Waals surface area contributed by atoms with Crippen LogP contribution in [0.15, 0.2) is 18.2 Å². The summed E-state index contributed by atoms with van der Waals surface area (Å²) in [4.78, 5) is 4.27. The molecular formula is C9H14N2O. The third kappa shape index (κ3) is 2.60. The maximum Gasteiger partial charge on any atom is 0.0586 e. The summed E-state index contributed by atoms with van der Waals surface area (Å²) in [5.74, 6) is 0. The number of nitrogens with two attached hydrogens (primary N) is 1. The van der Waals surface area contributed by atoms with E-state index in [1.807, 2.05) is 25.1 Å². The van der Waals surface area contributed by atoms with Crippen LogP contribution in [0.3, 0.4) is 0 Å². The van der Waals surface area contributed by atoms with Crippen LogP contribution in [0.5, 0.6) is 0 Å². The van der Waals surface area contributed by atoms with E-state index in [-0.39, 0.29) is 12.6 Å². The molecule has 1 rings (SSSR count). The molecule has 0 spiro atoms. The first-order valence-corrected chi connectivity index (χ1v) is 4.01. The van der Waals surface area contributed by atoms with E-state index in [4.69, 9.17) is 10.8 Å². The second kappa shape index (κ2) is 4.18. The second-order valence-corrected chi connectivity index (χ2v) is 2.92. The average molecular weight is 166 g/mol. The molecule has 1 unspecified atom stereocenters. The van der Waals surface area contributed by atoms with E-state index in [1.54, 1.807) is 0 Å². The van der Waals surface area contributed by atoms with Gasteiger partial charge in [-0.3, -0.25) is 4.98 Å². The van der Waals surface area contributed by atoms with Gasteiger partial charge in [-0.05, 0) is 19.1 Å². The Kier molecular flexibility index (Phi) is 3.19. The highest BCUT2D eigenvalue weighted by atomic mass is 16.3. The highest BCUT2D eigenvalue weighted by Gasteiger charge is 2.02. The van der Waals surface area contributed by atoms with Gasteiger partial charge in [-0.1, -0.05) is 6.07 Å². The second-order valence-electron chi connectivity index (χ2n) is 2.92. The number of nitrogens with zero attached hydrogens (tertiary/aromatic N) is 1. The molecule has 1 aromatic heterocycles. The molecule has 0 saturated carbocycles. The van der Waals surface area contributed by atoms with E-state index in [0.29, 0.717) is 6.42 Å². The molecular weight excluding hydrogens is 152 g/mol. The number of aliphatic hydroxyl groups is 1. The first kappa shape index (κ1) is 9.16. The van der Waals surface area contributed by atoms with Crippen molar-refractivity contribution in [2.24, 2.45) is 5.73 Å². The minimum Gasteiger partial charge on any atom is -0.395 e. The number of hydrogen-bond donors (Lipinski definition) is 2. The summed E-state index contributed by atoms with van der Waals surface area (Å²) < 4.78 is 0. The summed E-state index contributed by atoms with van der Waals surface area (Å²) in [7, 11) is 0. The summed E-state index contributed by atoms with van der Waals surface area (Å²) in [6.45, 7) is 1.95. The Morgan fingerprint density at radius 2 is 2.33 bits per heavy atom. The predicted molar refractivity (Wildman–Crippen MR) is 47.7 cm³/mol. The Morgan fingerprint density at radius 3 is 2.92 bits per heavy atom. The number of hydrogen-bond acceptors (Lipinski definition) is 3. The van der Waals surface area contributed by atoms with Crippen LogP contribution < -0.4 is 5.73 Å². The standard InChI is InChI=1S/C9H14N2O/c1-7-3-2-4-9(11-7)5-8(10)6-12/h2-4,8,12H,5-6,10H2,1H3. The summed E-state index contributed by atoms with van der Waals surface area (Å²) in [5, 5.41) is 8.71. The van der Waals surface area contributed by atoms with E-state index in [9.17, 15) is 0 Å². The first-order valence-electron chi connectivity index (χ1n) is 4.01. The Hall–Kier alpha value is -0.930. The van der Waals surface area contributed by atoms with Crippen molar-refractivity contribution in [3.8, 4) is 0 Å². The zero-order valence-electron chi connectivity index (χ0n) is 7.20. The Labute approximate surface area is 72.2 Å². The van der Waals surface area contributed by atoms with Crippen molar-refractivity contribution < 1.29 is 5.11 Å². The Bertz CT molecular complexity index is 250. The SMILES string of the molecule is Cc1cccc(CC(N)CO)n1. The lowest BCUT2D eigenvalue weighted by molar-refractivity contribution is 0.264. The van der Waals surface area contributed by atoms with E-state index >= 15 is 0 Å². The molecule has 1 heterocycles. The Morgan fingerprint density at radius 1 is 1.58 bits per heavy atom. The van der Waals surface area contributed by atoms with Crippen LogP contribution in [0.2, 0.25) is 0 Å². The van der Waals surface area contributed by atoms with E-state index < -0.39 is 0 Å². The van der Waals surface area contributed by atoms with Gasteiger partial charge in [0.1, 0.15) is 0 Å². The molecule has 3 N–H and O–H groups in total. The van der Waals surface area contributed by atoms with Gasteiger partial charge in [0, 0.05) is 23.9 Å². The minimum absolute atomic E-state index is 0.00955. The molecule has 0 radical (unpaired) electrons. The monoisotopic (exact) mass is 166 g/mol. The molecule has 0 bridgehead atoms. The van der Waals surface area contributed by atoms with Gasteiger partial charge in [0.25, 0.3) is 0 Å². The molecule has 0 saturated heterocycles. The molecule has 12 heavy (non-hydrogen) atoms. The van der Waals surface area contributed by atoms with Gasteiger partial charge in [-0.25, -0.2) is 0 Å². The molecule has 3 heteroatoms. The van der Waals surface area contributed by atoms with Gasteiger partial charge >= 0.3 is 0 Å². The number of aromatic nitrogens is 1. The smallest absolute Gasteiger partial charge is 0.0586 e. The summed E-state index contributed by atoms with van der Waals surface area (Å²) in [6, 6.07) is 5.61. The largest absolute Gasteiger partial charge is 0.395 e. The van der Waals surface area contributed by atoms with E-state index in [2.05, 4.69) is 4.98 Å². The van der Waals surface area contributed by atoms with E-state index in [1.165, 1.54) is 0 Å². The molecule has 0 aliphatic rings. The zero-order chi connectivity index (χ0) is 8.97. The molecule has 1 atom stereocenters. The molecule has 3 nitrogen and oxygen atoms in total. The van der Waals surface area contributed by atoms with Crippen LogP contribution in [-0.4, -0.2) is 22.7 Å². The van der Waals surface area contributed by atoms with Gasteiger partial charge < -0.3 is 10.8 Å². The molecule has 66 valence electrons. The third-order valence-corrected chi connectivity index (χ3v) is 1.65. The summed E-state index contributed by atoms with van der Waals surface area (Å²) >= 11 is 0. The first-order chi connectivity index (χ1) is 5.72. The fourth-order valence-electron chi connectivity index (χ4n) is 1.05. The van der Waals surface area contributed by atoms with Crippen molar-refractivity contribution in [2.75, 3.05) is 6.61 Å². The highest BCUT2D eigenvalue weighted by molar-refractivity contribution is 5.10. The number of rotatable bonds is 3. The fourth-order valence-corrected chi connectivity index (χ4v) is 1.05. The maximum absolute atomic E-state index is 8.71. The highest BCUT2D eigenvalue weighted by Crippen LogP contribution is 2.00. The predicted octanol–water partition coefficient (Wildman–Crippen LogP) is 0.252. The van der Waals surface area contributed by atoms with Crippen LogP contribution in [0, 0.1) is 6.92 Å². The van der Waals surface area contributed by atoms with Crippen molar-refractivity contribution in [1.29, 1.82) is 0 Å². The number of pyridine rings is 1. The van der Waals surface area contributed by atoms with Crippen LogP contribution in [-0.2, 0) is 6.42 Å².